The summed E-state index contributed by atoms with van der Waals surface area (Å²) in [6.45, 7) is 12.7. The van der Waals surface area contributed by atoms with E-state index in [-0.39, 0.29) is 0 Å². The number of likely N-dealkylation sites (N-methyl/N-ethyl adjacent to an activating group) is 1. The van der Waals surface area contributed by atoms with E-state index >= 15 is 0 Å². The van der Waals surface area contributed by atoms with E-state index in [1.165, 1.54) is 50.4 Å². The van der Waals surface area contributed by atoms with Gasteiger partial charge in [0.1, 0.15) is 0 Å². The van der Waals surface area contributed by atoms with E-state index in [0.29, 0.717) is 6.04 Å². The minimum absolute atomic E-state index is 0.535. The van der Waals surface area contributed by atoms with Gasteiger partial charge in [0.25, 0.3) is 0 Å². The molecule has 0 bridgehead atoms. The molecule has 0 saturated carbocycles. The zero-order valence-electron chi connectivity index (χ0n) is 14.8. The first-order chi connectivity index (χ1) is 11.3. The van der Waals surface area contributed by atoms with E-state index < -0.39 is 0 Å². The Morgan fingerprint density at radius 2 is 1.61 bits per heavy atom. The van der Waals surface area contributed by atoms with Crippen molar-refractivity contribution in [3.63, 3.8) is 0 Å². The van der Waals surface area contributed by atoms with Crippen LogP contribution in [-0.2, 0) is 6.42 Å². The molecule has 1 unspecified atom stereocenters. The van der Waals surface area contributed by atoms with E-state index in [4.69, 9.17) is 0 Å². The number of hydrogen-bond donors (Lipinski definition) is 1. The average molecular weight is 316 g/mol. The van der Waals surface area contributed by atoms with Crippen LogP contribution in [-0.4, -0.2) is 80.7 Å². The van der Waals surface area contributed by atoms with Crippen molar-refractivity contribution >= 4 is 0 Å². The molecule has 2 saturated heterocycles. The Morgan fingerprint density at radius 1 is 0.957 bits per heavy atom. The SMILES string of the molecule is CCc1ccc(C(CN2CCNCC2)N2CCN(C)CC2)cc1. The highest BCUT2D eigenvalue weighted by molar-refractivity contribution is 5.25. The molecule has 4 heteroatoms. The van der Waals surface area contributed by atoms with E-state index in [2.05, 4.69) is 58.3 Å². The Hall–Kier alpha value is -0.940. The van der Waals surface area contributed by atoms with Crippen molar-refractivity contribution in [2.75, 3.05) is 66.0 Å². The summed E-state index contributed by atoms with van der Waals surface area (Å²) in [4.78, 5) is 7.77. The van der Waals surface area contributed by atoms with E-state index in [1.807, 2.05) is 0 Å². The summed E-state index contributed by atoms with van der Waals surface area (Å²) in [6, 6.07) is 9.90. The highest BCUT2D eigenvalue weighted by Crippen LogP contribution is 2.24. The Bertz CT molecular complexity index is 459. The average Bonchev–Trinajstić information content (AvgIpc) is 2.62. The molecule has 1 aromatic carbocycles. The molecule has 0 radical (unpaired) electrons. The van der Waals surface area contributed by atoms with Crippen LogP contribution in [0, 0.1) is 0 Å². The van der Waals surface area contributed by atoms with Crippen molar-refractivity contribution in [1.29, 1.82) is 0 Å². The Morgan fingerprint density at radius 3 is 2.22 bits per heavy atom. The number of piperazine rings is 2. The van der Waals surface area contributed by atoms with Crippen molar-refractivity contribution in [3.8, 4) is 0 Å². The fraction of sp³-hybridized carbons (Fsp3) is 0.684. The predicted octanol–water partition coefficient (Wildman–Crippen LogP) is 1.44. The molecule has 128 valence electrons. The van der Waals surface area contributed by atoms with E-state index in [9.17, 15) is 0 Å². The van der Waals surface area contributed by atoms with Gasteiger partial charge in [-0.05, 0) is 24.6 Å². The van der Waals surface area contributed by atoms with Gasteiger partial charge in [0.2, 0.25) is 0 Å². The predicted molar refractivity (Wildman–Crippen MR) is 96.9 cm³/mol. The van der Waals surface area contributed by atoms with Crippen LogP contribution in [0.25, 0.3) is 0 Å². The summed E-state index contributed by atoms with van der Waals surface area (Å²) in [7, 11) is 2.23. The van der Waals surface area contributed by atoms with Crippen molar-refractivity contribution < 1.29 is 0 Å². The second kappa shape index (κ2) is 8.25. The molecule has 1 N–H and O–H groups in total. The number of benzene rings is 1. The van der Waals surface area contributed by atoms with Gasteiger partial charge in [0.05, 0.1) is 0 Å². The highest BCUT2D eigenvalue weighted by atomic mass is 15.3. The lowest BCUT2D eigenvalue weighted by molar-refractivity contribution is 0.0816. The summed E-state index contributed by atoms with van der Waals surface area (Å²) in [5, 5.41) is 3.47. The molecule has 0 spiro atoms. The van der Waals surface area contributed by atoms with Crippen LogP contribution in [0.4, 0.5) is 0 Å². The van der Waals surface area contributed by atoms with Crippen LogP contribution in [0.1, 0.15) is 24.1 Å². The summed E-state index contributed by atoms with van der Waals surface area (Å²) in [6.07, 6.45) is 1.12. The molecule has 2 fully saturated rings. The largest absolute Gasteiger partial charge is 0.314 e. The molecular formula is C19H32N4. The standard InChI is InChI=1S/C19H32N4/c1-3-17-4-6-18(7-5-17)19(16-22-10-8-20-9-11-22)23-14-12-21(2)13-15-23/h4-7,19-20H,3,8-16H2,1-2H3. The van der Waals surface area contributed by atoms with Gasteiger partial charge < -0.3 is 10.2 Å². The summed E-state index contributed by atoms with van der Waals surface area (Å²) in [5.41, 5.74) is 2.93. The normalized spacial score (nSPS) is 23.0. The van der Waals surface area contributed by atoms with Crippen LogP contribution in [0.15, 0.2) is 24.3 Å². The van der Waals surface area contributed by atoms with E-state index in [0.717, 1.165) is 26.1 Å². The first-order valence-corrected chi connectivity index (χ1v) is 9.21. The van der Waals surface area contributed by atoms with Crippen molar-refractivity contribution in [2.45, 2.75) is 19.4 Å². The van der Waals surface area contributed by atoms with Crippen LogP contribution in [0.2, 0.25) is 0 Å². The minimum atomic E-state index is 0.535. The summed E-state index contributed by atoms with van der Waals surface area (Å²) in [5.74, 6) is 0. The lowest BCUT2D eigenvalue weighted by atomic mass is 10.0. The van der Waals surface area contributed by atoms with Crippen molar-refractivity contribution in [1.82, 2.24) is 20.0 Å². The Labute approximate surface area is 141 Å². The van der Waals surface area contributed by atoms with Gasteiger partial charge in [0, 0.05) is 64.9 Å². The van der Waals surface area contributed by atoms with Crippen molar-refractivity contribution in [3.05, 3.63) is 35.4 Å². The molecule has 2 heterocycles. The number of rotatable bonds is 5. The second-order valence-corrected chi connectivity index (χ2v) is 7.00. The smallest absolute Gasteiger partial charge is 0.0476 e. The highest BCUT2D eigenvalue weighted by Gasteiger charge is 2.26. The number of nitrogens with zero attached hydrogens (tertiary/aromatic N) is 3. The van der Waals surface area contributed by atoms with Crippen LogP contribution in [0.5, 0.6) is 0 Å². The molecule has 1 aromatic rings. The third kappa shape index (κ3) is 4.54. The summed E-state index contributed by atoms with van der Waals surface area (Å²) < 4.78 is 0. The summed E-state index contributed by atoms with van der Waals surface area (Å²) >= 11 is 0. The van der Waals surface area contributed by atoms with Gasteiger partial charge >= 0.3 is 0 Å². The van der Waals surface area contributed by atoms with Crippen LogP contribution >= 0.6 is 0 Å². The fourth-order valence-corrected chi connectivity index (χ4v) is 3.68. The van der Waals surface area contributed by atoms with Crippen LogP contribution in [0.3, 0.4) is 0 Å². The molecule has 0 aromatic heterocycles. The Balaban J connectivity index is 1.73. The van der Waals surface area contributed by atoms with Gasteiger partial charge in [-0.25, -0.2) is 0 Å². The van der Waals surface area contributed by atoms with Crippen LogP contribution < -0.4 is 5.32 Å². The topological polar surface area (TPSA) is 21.8 Å². The maximum Gasteiger partial charge on any atom is 0.0476 e. The van der Waals surface area contributed by atoms with Gasteiger partial charge in [-0.1, -0.05) is 31.2 Å². The number of aryl methyl sites for hydroxylation is 1. The van der Waals surface area contributed by atoms with Gasteiger partial charge in [-0.15, -0.1) is 0 Å². The monoisotopic (exact) mass is 316 g/mol. The first kappa shape index (κ1) is 16.9. The lowest BCUT2D eigenvalue weighted by Crippen LogP contribution is -2.51. The maximum absolute atomic E-state index is 3.47. The fourth-order valence-electron chi connectivity index (χ4n) is 3.68. The van der Waals surface area contributed by atoms with Gasteiger partial charge in [0.15, 0.2) is 0 Å². The molecule has 4 nitrogen and oxygen atoms in total. The zero-order chi connectivity index (χ0) is 16.1. The molecule has 2 aliphatic heterocycles. The molecular weight excluding hydrogens is 284 g/mol. The van der Waals surface area contributed by atoms with Gasteiger partial charge in [-0.2, -0.15) is 0 Å². The Kier molecular flexibility index (Phi) is 6.06. The molecule has 0 amide bonds. The molecule has 2 aliphatic rings. The van der Waals surface area contributed by atoms with Crippen molar-refractivity contribution in [2.24, 2.45) is 0 Å². The zero-order valence-corrected chi connectivity index (χ0v) is 14.8. The molecule has 1 atom stereocenters. The third-order valence-electron chi connectivity index (χ3n) is 5.39. The quantitative estimate of drug-likeness (QED) is 0.887. The molecule has 0 aliphatic carbocycles. The number of hydrogen-bond acceptors (Lipinski definition) is 4. The number of nitrogens with one attached hydrogen (secondary N) is 1. The second-order valence-electron chi connectivity index (χ2n) is 7.00. The van der Waals surface area contributed by atoms with E-state index in [1.54, 1.807) is 0 Å². The van der Waals surface area contributed by atoms with Gasteiger partial charge in [-0.3, -0.25) is 9.80 Å². The molecule has 23 heavy (non-hydrogen) atoms. The minimum Gasteiger partial charge on any atom is -0.314 e. The first-order valence-electron chi connectivity index (χ1n) is 9.21. The lowest BCUT2D eigenvalue weighted by Gasteiger charge is -2.41. The molecule has 3 rings (SSSR count). The third-order valence-corrected chi connectivity index (χ3v) is 5.39. The maximum atomic E-state index is 3.47.